The van der Waals surface area contributed by atoms with Crippen LogP contribution >= 0.6 is 27.3 Å². The Balaban J connectivity index is 2.07. The molecule has 0 bridgehead atoms. The average Bonchev–Trinajstić information content (AvgIpc) is 2.74. The first-order valence-corrected chi connectivity index (χ1v) is 6.97. The molecular weight excluding hydrogens is 298 g/mol. The predicted octanol–water partition coefficient (Wildman–Crippen LogP) is 4.44. The number of aryl methyl sites for hydroxylation is 1. The Kier molecular flexibility index (Phi) is 4.07. The Labute approximate surface area is 114 Å². The van der Waals surface area contributed by atoms with Crippen molar-refractivity contribution in [1.82, 2.24) is 0 Å². The van der Waals surface area contributed by atoms with E-state index in [4.69, 9.17) is 4.74 Å². The van der Waals surface area contributed by atoms with E-state index in [9.17, 15) is 0 Å². The molecule has 0 aliphatic rings. The lowest BCUT2D eigenvalue weighted by atomic mass is 10.2. The standard InChI is InChI=1S/C13H14BrNOS/c1-9-3-4-11(16-2)6-13(9)15-7-12-5-10(14)8-17-12/h3-6,8,15H,7H2,1-2H3. The zero-order valence-corrected chi connectivity index (χ0v) is 12.2. The van der Waals surface area contributed by atoms with Crippen LogP contribution in [0, 0.1) is 6.92 Å². The Bertz CT molecular complexity index is 510. The number of thiophene rings is 1. The number of anilines is 1. The molecule has 0 fully saturated rings. The predicted molar refractivity (Wildman–Crippen MR) is 77.1 cm³/mol. The molecule has 0 saturated heterocycles. The van der Waals surface area contributed by atoms with Gasteiger partial charge in [-0.05, 0) is 40.5 Å². The Morgan fingerprint density at radius 2 is 2.18 bits per heavy atom. The Morgan fingerprint density at radius 3 is 2.82 bits per heavy atom. The fraction of sp³-hybridized carbons (Fsp3) is 0.231. The third-order valence-corrected chi connectivity index (χ3v) is 4.22. The van der Waals surface area contributed by atoms with Crippen molar-refractivity contribution in [2.24, 2.45) is 0 Å². The van der Waals surface area contributed by atoms with Gasteiger partial charge in [0.15, 0.2) is 0 Å². The molecule has 0 atom stereocenters. The fourth-order valence-corrected chi connectivity index (χ4v) is 2.94. The third kappa shape index (κ3) is 3.23. The van der Waals surface area contributed by atoms with Crippen LogP contribution < -0.4 is 10.1 Å². The highest BCUT2D eigenvalue weighted by Crippen LogP contribution is 2.24. The van der Waals surface area contributed by atoms with Gasteiger partial charge in [-0.15, -0.1) is 11.3 Å². The summed E-state index contributed by atoms with van der Waals surface area (Å²) >= 11 is 5.20. The molecule has 0 spiro atoms. The minimum Gasteiger partial charge on any atom is -0.497 e. The number of rotatable bonds is 4. The number of ether oxygens (including phenoxy) is 1. The molecule has 0 aliphatic heterocycles. The van der Waals surface area contributed by atoms with Gasteiger partial charge in [0.05, 0.1) is 7.11 Å². The van der Waals surface area contributed by atoms with Gasteiger partial charge in [-0.25, -0.2) is 0 Å². The number of methoxy groups -OCH3 is 1. The van der Waals surface area contributed by atoms with Gasteiger partial charge >= 0.3 is 0 Å². The van der Waals surface area contributed by atoms with Crippen molar-refractivity contribution in [3.63, 3.8) is 0 Å². The van der Waals surface area contributed by atoms with Crippen LogP contribution in [-0.4, -0.2) is 7.11 Å². The molecule has 0 unspecified atom stereocenters. The van der Waals surface area contributed by atoms with E-state index in [-0.39, 0.29) is 0 Å². The summed E-state index contributed by atoms with van der Waals surface area (Å²) in [5.74, 6) is 0.880. The molecule has 2 rings (SSSR count). The molecule has 0 radical (unpaired) electrons. The molecule has 90 valence electrons. The first-order chi connectivity index (χ1) is 8.19. The lowest BCUT2D eigenvalue weighted by Crippen LogP contribution is -1.99. The summed E-state index contributed by atoms with van der Waals surface area (Å²) in [4.78, 5) is 1.30. The van der Waals surface area contributed by atoms with Crippen molar-refractivity contribution in [3.05, 3.63) is 44.6 Å². The molecule has 17 heavy (non-hydrogen) atoms. The number of hydrogen-bond acceptors (Lipinski definition) is 3. The molecule has 1 N–H and O–H groups in total. The zero-order chi connectivity index (χ0) is 12.3. The summed E-state index contributed by atoms with van der Waals surface area (Å²) in [6.07, 6.45) is 0. The monoisotopic (exact) mass is 311 g/mol. The van der Waals surface area contributed by atoms with Gasteiger partial charge in [0.2, 0.25) is 0 Å². The van der Waals surface area contributed by atoms with Crippen LogP contribution in [0.4, 0.5) is 5.69 Å². The van der Waals surface area contributed by atoms with Crippen LogP contribution in [0.3, 0.4) is 0 Å². The lowest BCUT2D eigenvalue weighted by Gasteiger charge is -2.10. The number of nitrogens with one attached hydrogen (secondary N) is 1. The van der Waals surface area contributed by atoms with Gasteiger partial charge in [0.25, 0.3) is 0 Å². The molecule has 1 aromatic carbocycles. The second-order valence-corrected chi connectivity index (χ2v) is 5.68. The van der Waals surface area contributed by atoms with Crippen molar-refractivity contribution >= 4 is 33.0 Å². The Hall–Kier alpha value is -1.000. The molecule has 2 nitrogen and oxygen atoms in total. The van der Waals surface area contributed by atoms with E-state index in [1.54, 1.807) is 18.4 Å². The van der Waals surface area contributed by atoms with E-state index < -0.39 is 0 Å². The maximum absolute atomic E-state index is 5.22. The first-order valence-electron chi connectivity index (χ1n) is 5.30. The average molecular weight is 312 g/mol. The van der Waals surface area contributed by atoms with Gasteiger partial charge in [-0.3, -0.25) is 0 Å². The van der Waals surface area contributed by atoms with E-state index in [1.165, 1.54) is 10.4 Å². The van der Waals surface area contributed by atoms with Gasteiger partial charge in [-0.2, -0.15) is 0 Å². The van der Waals surface area contributed by atoms with Crippen molar-refractivity contribution in [2.75, 3.05) is 12.4 Å². The fourth-order valence-electron chi connectivity index (χ4n) is 1.55. The highest BCUT2D eigenvalue weighted by molar-refractivity contribution is 9.10. The normalized spacial score (nSPS) is 10.3. The number of halogens is 1. The summed E-state index contributed by atoms with van der Waals surface area (Å²) in [7, 11) is 1.69. The van der Waals surface area contributed by atoms with Gasteiger partial charge in [-0.1, -0.05) is 6.07 Å². The molecule has 0 amide bonds. The van der Waals surface area contributed by atoms with Crippen molar-refractivity contribution in [1.29, 1.82) is 0 Å². The molecule has 4 heteroatoms. The van der Waals surface area contributed by atoms with Gasteiger partial charge < -0.3 is 10.1 Å². The number of hydrogen-bond donors (Lipinski definition) is 1. The largest absolute Gasteiger partial charge is 0.497 e. The minimum absolute atomic E-state index is 0.838. The maximum atomic E-state index is 5.22. The van der Waals surface area contributed by atoms with Crippen LogP contribution in [0.15, 0.2) is 34.1 Å². The molecular formula is C13H14BrNOS. The van der Waals surface area contributed by atoms with E-state index in [2.05, 4.69) is 45.7 Å². The van der Waals surface area contributed by atoms with Crippen molar-refractivity contribution in [3.8, 4) is 5.75 Å². The maximum Gasteiger partial charge on any atom is 0.120 e. The van der Waals surface area contributed by atoms with Crippen LogP contribution in [0.1, 0.15) is 10.4 Å². The molecule has 2 aromatic rings. The highest BCUT2D eigenvalue weighted by Gasteiger charge is 2.02. The summed E-state index contributed by atoms with van der Waals surface area (Å²) in [5, 5.41) is 5.52. The highest BCUT2D eigenvalue weighted by atomic mass is 79.9. The third-order valence-electron chi connectivity index (χ3n) is 2.52. The Morgan fingerprint density at radius 1 is 1.35 bits per heavy atom. The van der Waals surface area contributed by atoms with E-state index in [0.717, 1.165) is 22.5 Å². The van der Waals surface area contributed by atoms with Crippen molar-refractivity contribution < 1.29 is 4.74 Å². The van der Waals surface area contributed by atoms with E-state index in [1.807, 2.05) is 12.1 Å². The smallest absolute Gasteiger partial charge is 0.120 e. The van der Waals surface area contributed by atoms with E-state index >= 15 is 0 Å². The quantitative estimate of drug-likeness (QED) is 0.901. The van der Waals surface area contributed by atoms with Crippen LogP contribution in [-0.2, 0) is 6.54 Å². The zero-order valence-electron chi connectivity index (χ0n) is 9.79. The number of benzene rings is 1. The van der Waals surface area contributed by atoms with Crippen LogP contribution in [0.25, 0.3) is 0 Å². The lowest BCUT2D eigenvalue weighted by molar-refractivity contribution is 0.415. The summed E-state index contributed by atoms with van der Waals surface area (Å²) in [6, 6.07) is 8.19. The molecule has 0 aliphatic carbocycles. The SMILES string of the molecule is COc1ccc(C)c(NCc2cc(Br)cs2)c1. The first kappa shape index (κ1) is 12.5. The molecule has 1 aromatic heterocycles. The van der Waals surface area contributed by atoms with Gasteiger partial charge in [0, 0.05) is 33.0 Å². The summed E-state index contributed by atoms with van der Waals surface area (Å²) < 4.78 is 6.36. The minimum atomic E-state index is 0.838. The van der Waals surface area contributed by atoms with Crippen LogP contribution in [0.5, 0.6) is 5.75 Å². The topological polar surface area (TPSA) is 21.3 Å². The summed E-state index contributed by atoms with van der Waals surface area (Å²) in [6.45, 7) is 2.93. The van der Waals surface area contributed by atoms with E-state index in [0.29, 0.717) is 0 Å². The second kappa shape index (κ2) is 5.56. The van der Waals surface area contributed by atoms with Crippen molar-refractivity contribution in [2.45, 2.75) is 13.5 Å². The molecule has 0 saturated carbocycles. The van der Waals surface area contributed by atoms with Crippen LogP contribution in [0.2, 0.25) is 0 Å². The van der Waals surface area contributed by atoms with Gasteiger partial charge in [0.1, 0.15) is 5.75 Å². The molecule has 1 heterocycles. The summed E-state index contributed by atoms with van der Waals surface area (Å²) in [5.41, 5.74) is 2.34. The second-order valence-electron chi connectivity index (χ2n) is 3.77.